The minimum absolute atomic E-state index is 0.777. The van der Waals surface area contributed by atoms with Crippen LogP contribution in [0.1, 0.15) is 12.5 Å². The van der Waals surface area contributed by atoms with Gasteiger partial charge >= 0.3 is 0 Å². The molecule has 76 valence electrons. The van der Waals surface area contributed by atoms with Crippen LogP contribution in [-0.2, 0) is 0 Å². The zero-order chi connectivity index (χ0) is 10.7. The Morgan fingerprint density at radius 2 is 2.14 bits per heavy atom. The lowest BCUT2D eigenvalue weighted by atomic mass is 10.3. The molecule has 0 aromatic carbocycles. The summed E-state index contributed by atoms with van der Waals surface area (Å²) in [6.07, 6.45) is 1.76. The molecule has 0 atom stereocenters. The number of halogens is 1. The Morgan fingerprint density at radius 1 is 1.50 bits per heavy atom. The van der Waals surface area contributed by atoms with Crippen molar-refractivity contribution in [1.29, 1.82) is 0 Å². The van der Waals surface area contributed by atoms with E-state index in [0.29, 0.717) is 0 Å². The van der Waals surface area contributed by atoms with Crippen LogP contribution < -0.4 is 0 Å². The lowest BCUT2D eigenvalue weighted by molar-refractivity contribution is 0.618. The number of pyridine rings is 1. The van der Waals surface area contributed by atoms with Gasteiger partial charge in [-0.15, -0.1) is 0 Å². The third kappa shape index (κ3) is 2.80. The van der Waals surface area contributed by atoms with E-state index in [0.717, 1.165) is 21.7 Å². The van der Waals surface area contributed by atoms with Crippen LogP contribution in [0, 0.1) is 6.92 Å². The van der Waals surface area contributed by atoms with Gasteiger partial charge in [-0.1, -0.05) is 0 Å². The van der Waals surface area contributed by atoms with Crippen LogP contribution in [0.4, 0.5) is 5.82 Å². The number of rotatable bonds is 1. The van der Waals surface area contributed by atoms with Crippen molar-refractivity contribution >= 4 is 27.6 Å². The minimum atomic E-state index is 0.777. The molecule has 0 aliphatic carbocycles. The molecule has 1 rings (SSSR count). The number of aromatic nitrogens is 1. The van der Waals surface area contributed by atoms with Gasteiger partial charge in [0, 0.05) is 24.8 Å². The average molecular weight is 256 g/mol. The first-order chi connectivity index (χ1) is 6.50. The molecule has 0 fully saturated rings. The summed E-state index contributed by atoms with van der Waals surface area (Å²) >= 11 is 3.37. The van der Waals surface area contributed by atoms with Crippen molar-refractivity contribution in [2.45, 2.75) is 13.8 Å². The molecule has 0 bridgehead atoms. The van der Waals surface area contributed by atoms with Gasteiger partial charge in [0.25, 0.3) is 0 Å². The van der Waals surface area contributed by atoms with Gasteiger partial charge in [0.05, 0.1) is 0 Å². The Kier molecular flexibility index (Phi) is 3.63. The Labute approximate surface area is 93.0 Å². The summed E-state index contributed by atoms with van der Waals surface area (Å²) in [5, 5.41) is 0. The molecule has 1 heterocycles. The number of aliphatic imine (C=N–C) groups is 1. The van der Waals surface area contributed by atoms with Gasteiger partial charge in [-0.2, -0.15) is 0 Å². The van der Waals surface area contributed by atoms with Gasteiger partial charge in [0.1, 0.15) is 5.84 Å². The second kappa shape index (κ2) is 4.55. The van der Waals surface area contributed by atoms with Crippen LogP contribution in [0.3, 0.4) is 0 Å². The molecule has 1 aromatic rings. The fourth-order valence-corrected chi connectivity index (χ4v) is 1.35. The summed E-state index contributed by atoms with van der Waals surface area (Å²) in [6.45, 7) is 3.96. The highest BCUT2D eigenvalue weighted by Gasteiger charge is 2.00. The average Bonchev–Trinajstić information content (AvgIpc) is 2.09. The summed E-state index contributed by atoms with van der Waals surface area (Å²) in [5.41, 5.74) is 1.07. The first kappa shape index (κ1) is 11.2. The van der Waals surface area contributed by atoms with E-state index >= 15 is 0 Å². The van der Waals surface area contributed by atoms with E-state index in [2.05, 4.69) is 25.9 Å². The molecule has 3 nitrogen and oxygen atoms in total. The molecule has 0 unspecified atom stereocenters. The highest BCUT2D eigenvalue weighted by Crippen LogP contribution is 2.19. The summed E-state index contributed by atoms with van der Waals surface area (Å²) in [7, 11) is 3.93. The first-order valence-electron chi connectivity index (χ1n) is 4.35. The highest BCUT2D eigenvalue weighted by molar-refractivity contribution is 9.10. The molecule has 0 aliphatic heterocycles. The number of amidine groups is 1. The molecule has 4 heteroatoms. The van der Waals surface area contributed by atoms with Gasteiger partial charge in [0.2, 0.25) is 0 Å². The van der Waals surface area contributed by atoms with Gasteiger partial charge < -0.3 is 4.90 Å². The van der Waals surface area contributed by atoms with Crippen LogP contribution >= 0.6 is 15.9 Å². The molecule has 14 heavy (non-hydrogen) atoms. The van der Waals surface area contributed by atoms with Gasteiger partial charge in [-0.3, -0.25) is 0 Å². The predicted molar refractivity (Wildman–Crippen MR) is 63.1 cm³/mol. The molecular weight excluding hydrogens is 242 g/mol. The van der Waals surface area contributed by atoms with Crippen LogP contribution in [0.2, 0.25) is 0 Å². The van der Waals surface area contributed by atoms with Crippen molar-refractivity contribution in [2.24, 2.45) is 4.99 Å². The SMILES string of the molecule is CC(=Nc1ncc(Br)cc1C)N(C)C. The zero-order valence-corrected chi connectivity index (χ0v) is 10.5. The second-order valence-electron chi connectivity index (χ2n) is 3.35. The molecule has 0 N–H and O–H groups in total. The number of aryl methyl sites for hydroxylation is 1. The Bertz CT molecular complexity index is 358. The minimum Gasteiger partial charge on any atom is -0.366 e. The van der Waals surface area contributed by atoms with Gasteiger partial charge in [0.15, 0.2) is 5.82 Å². The van der Waals surface area contributed by atoms with E-state index in [4.69, 9.17) is 0 Å². The van der Waals surface area contributed by atoms with Gasteiger partial charge in [-0.25, -0.2) is 9.98 Å². The van der Waals surface area contributed by atoms with E-state index < -0.39 is 0 Å². The smallest absolute Gasteiger partial charge is 0.156 e. The summed E-state index contributed by atoms with van der Waals surface area (Å²) in [5.74, 6) is 1.72. The van der Waals surface area contributed by atoms with Crippen LogP contribution in [-0.4, -0.2) is 29.8 Å². The fraction of sp³-hybridized carbons (Fsp3) is 0.400. The maximum absolute atomic E-state index is 4.41. The van der Waals surface area contributed by atoms with Crippen molar-refractivity contribution in [3.63, 3.8) is 0 Å². The molecule has 1 aromatic heterocycles. The van der Waals surface area contributed by atoms with Crippen molar-refractivity contribution < 1.29 is 0 Å². The van der Waals surface area contributed by atoms with E-state index in [1.165, 1.54) is 0 Å². The van der Waals surface area contributed by atoms with Crippen molar-refractivity contribution in [1.82, 2.24) is 9.88 Å². The van der Waals surface area contributed by atoms with E-state index in [1.807, 2.05) is 38.9 Å². The normalized spacial score (nSPS) is 11.6. The van der Waals surface area contributed by atoms with Gasteiger partial charge in [-0.05, 0) is 41.4 Å². The fourth-order valence-electron chi connectivity index (χ4n) is 0.904. The lowest BCUT2D eigenvalue weighted by Gasteiger charge is -2.11. The van der Waals surface area contributed by atoms with Crippen LogP contribution in [0.15, 0.2) is 21.7 Å². The third-order valence-electron chi connectivity index (χ3n) is 1.93. The largest absolute Gasteiger partial charge is 0.366 e. The third-order valence-corrected chi connectivity index (χ3v) is 2.37. The monoisotopic (exact) mass is 255 g/mol. The summed E-state index contributed by atoms with van der Waals surface area (Å²) in [4.78, 5) is 10.6. The van der Waals surface area contributed by atoms with E-state index in [1.54, 1.807) is 6.20 Å². The molecule has 0 aliphatic rings. The lowest BCUT2D eigenvalue weighted by Crippen LogP contribution is -2.17. The predicted octanol–water partition coefficient (Wildman–Crippen LogP) is 2.76. The Hall–Kier alpha value is -0.900. The second-order valence-corrected chi connectivity index (χ2v) is 4.26. The summed E-state index contributed by atoms with van der Waals surface area (Å²) in [6, 6.07) is 2.01. The first-order valence-corrected chi connectivity index (χ1v) is 5.15. The number of hydrogen-bond donors (Lipinski definition) is 0. The maximum Gasteiger partial charge on any atom is 0.156 e. The zero-order valence-electron chi connectivity index (χ0n) is 8.87. The molecule has 0 amide bonds. The van der Waals surface area contributed by atoms with Crippen molar-refractivity contribution in [3.8, 4) is 0 Å². The standard InChI is InChI=1S/C10H14BrN3/c1-7-5-9(11)6-12-10(7)13-8(2)14(3)4/h5-6H,1-4H3. The van der Waals surface area contributed by atoms with Crippen molar-refractivity contribution in [3.05, 3.63) is 22.3 Å². The molecule has 0 saturated carbocycles. The van der Waals surface area contributed by atoms with E-state index in [-0.39, 0.29) is 0 Å². The van der Waals surface area contributed by atoms with Crippen molar-refractivity contribution in [2.75, 3.05) is 14.1 Å². The molecular formula is C10H14BrN3. The molecule has 0 spiro atoms. The highest BCUT2D eigenvalue weighted by atomic mass is 79.9. The number of nitrogens with zero attached hydrogens (tertiary/aromatic N) is 3. The van der Waals surface area contributed by atoms with Crippen LogP contribution in [0.5, 0.6) is 0 Å². The summed E-state index contributed by atoms with van der Waals surface area (Å²) < 4.78 is 0.983. The Morgan fingerprint density at radius 3 is 2.64 bits per heavy atom. The Balaban J connectivity index is 3.03. The van der Waals surface area contributed by atoms with Crippen LogP contribution in [0.25, 0.3) is 0 Å². The quantitative estimate of drug-likeness (QED) is 0.571. The topological polar surface area (TPSA) is 28.5 Å². The molecule has 0 radical (unpaired) electrons. The number of hydrogen-bond acceptors (Lipinski definition) is 2. The van der Waals surface area contributed by atoms with E-state index in [9.17, 15) is 0 Å². The molecule has 0 saturated heterocycles. The maximum atomic E-state index is 4.41.